The van der Waals surface area contributed by atoms with E-state index < -0.39 is 0 Å². The SMILES string of the molecule is C=Cc1ccc(C2=CC=CCC2)cc1C(=C)/C=C\C=C/C.CNc1ccc(-c2ccccc2)cc1. The number of nitrogens with one attached hydrogen (secondary N) is 1. The lowest BCUT2D eigenvalue weighted by Crippen LogP contribution is -1.92. The molecule has 0 aromatic heterocycles. The van der Waals surface area contributed by atoms with E-state index >= 15 is 0 Å². The van der Waals surface area contributed by atoms with Gasteiger partial charge in [0.15, 0.2) is 0 Å². The highest BCUT2D eigenvalue weighted by Gasteiger charge is 2.08. The predicted molar refractivity (Wildman–Crippen MR) is 157 cm³/mol. The molecular formula is C34H35N. The summed E-state index contributed by atoms with van der Waals surface area (Å²) in [6, 6.07) is 25.3. The summed E-state index contributed by atoms with van der Waals surface area (Å²) in [5, 5.41) is 3.11. The fraction of sp³-hybridized carbons (Fsp3) is 0.118. The molecule has 1 aliphatic carbocycles. The summed E-state index contributed by atoms with van der Waals surface area (Å²) in [5.74, 6) is 0. The van der Waals surface area contributed by atoms with E-state index in [1.807, 2.05) is 50.4 Å². The van der Waals surface area contributed by atoms with Gasteiger partial charge < -0.3 is 5.32 Å². The number of hydrogen-bond acceptors (Lipinski definition) is 1. The molecule has 0 saturated carbocycles. The Balaban J connectivity index is 0.000000211. The van der Waals surface area contributed by atoms with Crippen LogP contribution in [0.3, 0.4) is 0 Å². The van der Waals surface area contributed by atoms with E-state index in [1.54, 1.807) is 0 Å². The molecule has 3 aromatic carbocycles. The third-order valence-electron chi connectivity index (χ3n) is 5.89. The predicted octanol–water partition coefficient (Wildman–Crippen LogP) is 9.60. The van der Waals surface area contributed by atoms with Gasteiger partial charge in [0.25, 0.3) is 0 Å². The van der Waals surface area contributed by atoms with Gasteiger partial charge in [-0.1, -0.05) is 116 Å². The molecule has 0 spiro atoms. The average Bonchev–Trinajstić information content (AvgIpc) is 2.94. The van der Waals surface area contributed by atoms with Gasteiger partial charge in [0.2, 0.25) is 0 Å². The van der Waals surface area contributed by atoms with Gasteiger partial charge in [-0.05, 0) is 76.9 Å². The molecule has 3 aromatic rings. The Morgan fingerprint density at radius 3 is 2.23 bits per heavy atom. The molecule has 0 radical (unpaired) electrons. The average molecular weight is 458 g/mol. The molecule has 176 valence electrons. The number of anilines is 1. The third kappa shape index (κ3) is 7.45. The van der Waals surface area contributed by atoms with Gasteiger partial charge in [0.1, 0.15) is 0 Å². The van der Waals surface area contributed by atoms with Gasteiger partial charge in [0.05, 0.1) is 0 Å². The van der Waals surface area contributed by atoms with Gasteiger partial charge in [-0.15, -0.1) is 0 Å². The fourth-order valence-corrected chi connectivity index (χ4v) is 3.89. The zero-order chi connectivity index (χ0) is 24.9. The van der Waals surface area contributed by atoms with E-state index in [2.05, 4.69) is 103 Å². The van der Waals surface area contributed by atoms with E-state index in [-0.39, 0.29) is 0 Å². The van der Waals surface area contributed by atoms with Crippen LogP contribution in [0.2, 0.25) is 0 Å². The van der Waals surface area contributed by atoms with Gasteiger partial charge in [-0.25, -0.2) is 0 Å². The van der Waals surface area contributed by atoms with Crippen molar-refractivity contribution in [1.82, 2.24) is 0 Å². The monoisotopic (exact) mass is 457 g/mol. The largest absolute Gasteiger partial charge is 0.388 e. The second-order valence-electron chi connectivity index (χ2n) is 8.27. The van der Waals surface area contributed by atoms with E-state index in [0.717, 1.165) is 35.2 Å². The quantitative estimate of drug-likeness (QED) is 0.348. The van der Waals surface area contributed by atoms with Gasteiger partial charge in [-0.2, -0.15) is 0 Å². The van der Waals surface area contributed by atoms with Gasteiger partial charge in [-0.3, -0.25) is 0 Å². The van der Waals surface area contributed by atoms with Crippen LogP contribution in [-0.2, 0) is 0 Å². The highest BCUT2D eigenvalue weighted by molar-refractivity contribution is 5.82. The fourth-order valence-electron chi connectivity index (χ4n) is 3.89. The molecule has 1 aliphatic rings. The van der Waals surface area contributed by atoms with Crippen LogP contribution in [0, 0.1) is 0 Å². The van der Waals surface area contributed by atoms with Crippen molar-refractivity contribution in [1.29, 1.82) is 0 Å². The van der Waals surface area contributed by atoms with Crippen molar-refractivity contribution in [3.05, 3.63) is 145 Å². The molecule has 1 N–H and O–H groups in total. The molecule has 4 rings (SSSR count). The molecule has 0 unspecified atom stereocenters. The highest BCUT2D eigenvalue weighted by Crippen LogP contribution is 2.29. The summed E-state index contributed by atoms with van der Waals surface area (Å²) in [6.45, 7) is 10.1. The van der Waals surface area contributed by atoms with Crippen molar-refractivity contribution in [2.45, 2.75) is 19.8 Å². The molecule has 0 fully saturated rings. The molecule has 0 saturated heterocycles. The van der Waals surface area contributed by atoms with Crippen molar-refractivity contribution in [3.8, 4) is 11.1 Å². The first-order chi connectivity index (χ1) is 17.2. The molecule has 1 nitrogen and oxygen atoms in total. The summed E-state index contributed by atoms with van der Waals surface area (Å²) in [7, 11) is 1.93. The van der Waals surface area contributed by atoms with Crippen LogP contribution < -0.4 is 5.32 Å². The lowest BCUT2D eigenvalue weighted by Gasteiger charge is -2.13. The second-order valence-corrected chi connectivity index (χ2v) is 8.27. The molecule has 0 aliphatic heterocycles. The molecule has 0 atom stereocenters. The maximum atomic E-state index is 4.19. The van der Waals surface area contributed by atoms with Crippen LogP contribution in [0.4, 0.5) is 5.69 Å². The first kappa shape index (κ1) is 25.5. The standard InChI is InChI=1S/C21H22.C13H13N/c1-4-6-8-11-17(3)21-16-20(15-14-18(21)5-2)19-12-9-7-10-13-19;1-14-13-9-7-12(8-10-13)11-5-3-2-4-6-11/h4-9,11-12,14-16H,2-3,10,13H2,1H3;2-10,14H,1H3/b6-4-,11-8-;. The Kier molecular flexibility index (Phi) is 9.89. The second kappa shape index (κ2) is 13.6. The Hall–Kier alpha value is -4.10. The molecule has 35 heavy (non-hydrogen) atoms. The van der Waals surface area contributed by atoms with Gasteiger partial charge >= 0.3 is 0 Å². The van der Waals surface area contributed by atoms with E-state index in [9.17, 15) is 0 Å². The minimum Gasteiger partial charge on any atom is -0.388 e. The van der Waals surface area contributed by atoms with Crippen molar-refractivity contribution >= 4 is 22.9 Å². The summed E-state index contributed by atoms with van der Waals surface area (Å²) in [6.07, 6.45) is 18.7. The summed E-state index contributed by atoms with van der Waals surface area (Å²) in [5.41, 5.74) is 9.61. The van der Waals surface area contributed by atoms with Crippen molar-refractivity contribution in [2.24, 2.45) is 0 Å². The Labute approximate surface area is 211 Å². The summed E-state index contributed by atoms with van der Waals surface area (Å²) < 4.78 is 0. The maximum Gasteiger partial charge on any atom is 0.0337 e. The van der Waals surface area contributed by atoms with Crippen LogP contribution in [0.1, 0.15) is 36.5 Å². The lowest BCUT2D eigenvalue weighted by molar-refractivity contribution is 1.05. The number of rotatable bonds is 7. The molecule has 0 amide bonds. The minimum absolute atomic E-state index is 1.01. The lowest BCUT2D eigenvalue weighted by atomic mass is 9.91. The molecule has 1 heteroatoms. The molecule has 0 heterocycles. The van der Waals surface area contributed by atoms with Crippen LogP contribution in [0.15, 0.2) is 128 Å². The zero-order valence-corrected chi connectivity index (χ0v) is 20.9. The summed E-state index contributed by atoms with van der Waals surface area (Å²) >= 11 is 0. The van der Waals surface area contributed by atoms with E-state index in [4.69, 9.17) is 0 Å². The van der Waals surface area contributed by atoms with Crippen LogP contribution >= 0.6 is 0 Å². The van der Waals surface area contributed by atoms with Crippen LogP contribution in [-0.4, -0.2) is 7.05 Å². The van der Waals surface area contributed by atoms with Crippen molar-refractivity contribution in [2.75, 3.05) is 12.4 Å². The number of benzene rings is 3. The number of hydrogen-bond donors (Lipinski definition) is 1. The topological polar surface area (TPSA) is 12.0 Å². The maximum absolute atomic E-state index is 4.19. The highest BCUT2D eigenvalue weighted by atomic mass is 14.8. The first-order valence-electron chi connectivity index (χ1n) is 12.1. The number of allylic oxidation sites excluding steroid dienone is 9. The van der Waals surface area contributed by atoms with Crippen LogP contribution in [0.5, 0.6) is 0 Å². The van der Waals surface area contributed by atoms with E-state index in [1.165, 1.54) is 22.3 Å². The van der Waals surface area contributed by atoms with Crippen molar-refractivity contribution < 1.29 is 0 Å². The smallest absolute Gasteiger partial charge is 0.0337 e. The van der Waals surface area contributed by atoms with Crippen LogP contribution in [0.25, 0.3) is 28.3 Å². The third-order valence-corrected chi connectivity index (χ3v) is 5.89. The zero-order valence-electron chi connectivity index (χ0n) is 20.9. The Bertz CT molecular complexity index is 1240. The summed E-state index contributed by atoms with van der Waals surface area (Å²) in [4.78, 5) is 0. The molecular weight excluding hydrogens is 422 g/mol. The molecule has 0 bridgehead atoms. The first-order valence-corrected chi connectivity index (χ1v) is 12.1. The normalized spacial score (nSPS) is 12.7. The minimum atomic E-state index is 1.01. The van der Waals surface area contributed by atoms with Crippen molar-refractivity contribution in [3.63, 3.8) is 0 Å². The Morgan fingerprint density at radius 1 is 0.886 bits per heavy atom. The van der Waals surface area contributed by atoms with Gasteiger partial charge in [0, 0.05) is 12.7 Å². The Morgan fingerprint density at radius 2 is 1.60 bits per heavy atom. The van der Waals surface area contributed by atoms with E-state index in [0.29, 0.717) is 0 Å².